The van der Waals surface area contributed by atoms with Crippen molar-refractivity contribution in [3.8, 4) is 0 Å². The Morgan fingerprint density at radius 2 is 2.06 bits per heavy atom. The van der Waals surface area contributed by atoms with Gasteiger partial charge in [0.05, 0.1) is 17.5 Å². The molecule has 2 heterocycles. The Morgan fingerprint density at radius 1 is 1.44 bits per heavy atom. The second-order valence-corrected chi connectivity index (χ2v) is 3.26. The van der Waals surface area contributed by atoms with Crippen LogP contribution < -0.4 is 5.73 Å². The second-order valence-electron chi connectivity index (χ2n) is 3.26. The molecule has 0 atom stereocenters. The molecule has 2 aromatic rings. The first kappa shape index (κ1) is 12.2. The highest BCUT2D eigenvalue weighted by molar-refractivity contribution is 5.89. The van der Waals surface area contributed by atoms with E-state index in [2.05, 4.69) is 16.5 Å². The lowest BCUT2D eigenvalue weighted by molar-refractivity contribution is 0.942. The van der Waals surface area contributed by atoms with E-state index in [9.17, 15) is 0 Å². The van der Waals surface area contributed by atoms with Gasteiger partial charge in [-0.3, -0.25) is 0 Å². The van der Waals surface area contributed by atoms with Gasteiger partial charge < -0.3 is 10.3 Å². The van der Waals surface area contributed by atoms with E-state index in [4.69, 9.17) is 5.73 Å². The number of fused-ring (bicyclic) bond motifs is 1. The minimum absolute atomic E-state index is 0.459. The quantitative estimate of drug-likeness (QED) is 0.800. The van der Waals surface area contributed by atoms with Crippen molar-refractivity contribution in [1.82, 2.24) is 14.5 Å². The van der Waals surface area contributed by atoms with Crippen LogP contribution in [-0.2, 0) is 7.05 Å². The van der Waals surface area contributed by atoms with Crippen LogP contribution in [0.3, 0.4) is 0 Å². The fraction of sp³-hybridized carbons (Fsp3) is 0.333. The number of imidazole rings is 1. The van der Waals surface area contributed by atoms with Crippen molar-refractivity contribution in [1.29, 1.82) is 0 Å². The van der Waals surface area contributed by atoms with Gasteiger partial charge in [-0.15, -0.1) is 0 Å². The molecule has 2 rings (SSSR count). The molecule has 0 aliphatic carbocycles. The lowest BCUT2D eigenvalue weighted by Gasteiger charge is -2.05. The van der Waals surface area contributed by atoms with E-state index in [-0.39, 0.29) is 0 Å². The van der Waals surface area contributed by atoms with Gasteiger partial charge in [0.15, 0.2) is 5.82 Å². The number of pyridine rings is 1. The fourth-order valence-corrected chi connectivity index (χ4v) is 1.65. The molecule has 0 fully saturated rings. The Balaban J connectivity index is 0.000000606. The van der Waals surface area contributed by atoms with Crippen LogP contribution in [0.4, 0.5) is 5.82 Å². The Kier molecular flexibility index (Phi) is 3.66. The molecule has 0 aliphatic heterocycles. The minimum Gasteiger partial charge on any atom is -0.382 e. The number of aromatic nitrogens is 3. The van der Waals surface area contributed by atoms with Crippen LogP contribution in [0, 0.1) is 6.92 Å². The summed E-state index contributed by atoms with van der Waals surface area (Å²) in [5.74, 6) is 0.459. The normalized spacial score (nSPS) is 9.75. The number of aryl methyl sites for hydroxylation is 2. The van der Waals surface area contributed by atoms with E-state index < -0.39 is 0 Å². The number of hydrogen-bond acceptors (Lipinski definition) is 3. The molecule has 0 amide bonds. The highest BCUT2D eigenvalue weighted by atomic mass is 15.0. The molecule has 0 aliphatic rings. The van der Waals surface area contributed by atoms with Crippen LogP contribution in [0.15, 0.2) is 12.9 Å². The summed E-state index contributed by atoms with van der Waals surface area (Å²) in [6, 6.07) is 0. The van der Waals surface area contributed by atoms with Crippen LogP contribution in [0.1, 0.15) is 25.1 Å². The van der Waals surface area contributed by atoms with Gasteiger partial charge in [0, 0.05) is 12.6 Å². The van der Waals surface area contributed by atoms with E-state index in [1.807, 2.05) is 32.4 Å². The minimum atomic E-state index is 0.459. The fourth-order valence-electron chi connectivity index (χ4n) is 1.65. The largest absolute Gasteiger partial charge is 0.382 e. The van der Waals surface area contributed by atoms with Crippen LogP contribution >= 0.6 is 0 Å². The number of nitrogens with zero attached hydrogens (tertiary/aromatic N) is 3. The third-order valence-corrected chi connectivity index (χ3v) is 2.35. The van der Waals surface area contributed by atoms with Crippen molar-refractivity contribution in [2.45, 2.75) is 20.8 Å². The first-order valence-electron chi connectivity index (χ1n) is 5.34. The van der Waals surface area contributed by atoms with Gasteiger partial charge in [-0.25, -0.2) is 9.97 Å². The van der Waals surface area contributed by atoms with Gasteiger partial charge in [0.2, 0.25) is 0 Å². The molecule has 2 N–H and O–H groups in total. The van der Waals surface area contributed by atoms with Gasteiger partial charge in [-0.2, -0.15) is 0 Å². The molecule has 0 aromatic carbocycles. The molecule has 0 spiro atoms. The summed E-state index contributed by atoms with van der Waals surface area (Å²) in [4.78, 5) is 8.41. The van der Waals surface area contributed by atoms with E-state index in [0.29, 0.717) is 5.82 Å². The highest BCUT2D eigenvalue weighted by Gasteiger charge is 2.10. The van der Waals surface area contributed by atoms with Gasteiger partial charge in [-0.05, 0) is 13.0 Å². The zero-order valence-corrected chi connectivity index (χ0v) is 10.3. The Hall–Kier alpha value is -1.84. The topological polar surface area (TPSA) is 56.7 Å². The maximum absolute atomic E-state index is 5.78. The summed E-state index contributed by atoms with van der Waals surface area (Å²) < 4.78 is 1.94. The summed E-state index contributed by atoms with van der Waals surface area (Å²) in [5, 5.41) is 0. The van der Waals surface area contributed by atoms with Gasteiger partial charge >= 0.3 is 0 Å². The average molecular weight is 218 g/mol. The molecule has 0 bridgehead atoms. The van der Waals surface area contributed by atoms with E-state index >= 15 is 0 Å². The number of nitrogens with two attached hydrogens (primary N) is 1. The van der Waals surface area contributed by atoms with Crippen molar-refractivity contribution < 1.29 is 0 Å². The predicted octanol–water partition coefficient (Wildman–Crippen LogP) is 2.53. The highest BCUT2D eigenvalue weighted by Crippen LogP contribution is 2.23. The predicted molar refractivity (Wildman–Crippen MR) is 69.1 cm³/mol. The number of anilines is 1. The third kappa shape index (κ3) is 1.78. The number of nitrogen functional groups attached to an aromatic ring is 1. The zero-order chi connectivity index (χ0) is 12.3. The SMILES string of the molecule is C=Cc1nc(N)c2ncn(C)c2c1C.CC. The van der Waals surface area contributed by atoms with E-state index in [1.54, 1.807) is 12.4 Å². The number of rotatable bonds is 1. The van der Waals surface area contributed by atoms with Crippen LogP contribution in [0.5, 0.6) is 0 Å². The van der Waals surface area contributed by atoms with Crippen LogP contribution in [-0.4, -0.2) is 14.5 Å². The molecule has 0 saturated carbocycles. The van der Waals surface area contributed by atoms with Crippen molar-refractivity contribution in [3.63, 3.8) is 0 Å². The molecule has 0 radical (unpaired) electrons. The Morgan fingerprint density at radius 3 is 2.62 bits per heavy atom. The van der Waals surface area contributed by atoms with Crippen molar-refractivity contribution in [3.05, 3.63) is 24.2 Å². The summed E-state index contributed by atoms with van der Waals surface area (Å²) in [6.07, 6.45) is 3.45. The lowest BCUT2D eigenvalue weighted by atomic mass is 10.1. The second kappa shape index (κ2) is 4.79. The summed E-state index contributed by atoms with van der Waals surface area (Å²) in [7, 11) is 1.94. The summed E-state index contributed by atoms with van der Waals surface area (Å²) in [6.45, 7) is 9.70. The maximum Gasteiger partial charge on any atom is 0.152 e. The zero-order valence-electron chi connectivity index (χ0n) is 10.3. The summed E-state index contributed by atoms with van der Waals surface area (Å²) in [5.41, 5.74) is 9.44. The maximum atomic E-state index is 5.78. The monoisotopic (exact) mass is 218 g/mol. The first-order valence-corrected chi connectivity index (χ1v) is 5.34. The molecule has 16 heavy (non-hydrogen) atoms. The first-order chi connectivity index (χ1) is 7.65. The number of hydrogen-bond donors (Lipinski definition) is 1. The molecule has 4 nitrogen and oxygen atoms in total. The van der Waals surface area contributed by atoms with Gasteiger partial charge in [0.1, 0.15) is 5.52 Å². The lowest BCUT2D eigenvalue weighted by Crippen LogP contribution is -1.98. The molecule has 0 unspecified atom stereocenters. The average Bonchev–Trinajstić information content (AvgIpc) is 2.69. The van der Waals surface area contributed by atoms with Crippen molar-refractivity contribution in [2.75, 3.05) is 5.73 Å². The van der Waals surface area contributed by atoms with E-state index in [0.717, 1.165) is 22.3 Å². The van der Waals surface area contributed by atoms with Crippen LogP contribution in [0.2, 0.25) is 0 Å². The van der Waals surface area contributed by atoms with Gasteiger partial charge in [-0.1, -0.05) is 20.4 Å². The molecule has 86 valence electrons. The van der Waals surface area contributed by atoms with Gasteiger partial charge in [0.25, 0.3) is 0 Å². The van der Waals surface area contributed by atoms with Crippen LogP contribution in [0.25, 0.3) is 17.1 Å². The molecular formula is C12H18N4. The third-order valence-electron chi connectivity index (χ3n) is 2.35. The Bertz CT molecular complexity index is 511. The Labute approximate surface area is 95.8 Å². The van der Waals surface area contributed by atoms with Crippen molar-refractivity contribution in [2.24, 2.45) is 7.05 Å². The van der Waals surface area contributed by atoms with Crippen molar-refractivity contribution >= 4 is 22.9 Å². The smallest absolute Gasteiger partial charge is 0.152 e. The molecular weight excluding hydrogens is 200 g/mol. The standard InChI is InChI=1S/C10H12N4.C2H6/c1-4-7-6(2)9-8(10(11)13-7)12-5-14(9)3;1-2/h4-5H,1H2,2-3H3,(H2,11,13);1-2H3. The molecule has 2 aromatic heterocycles. The van der Waals surface area contributed by atoms with E-state index in [1.165, 1.54) is 0 Å². The molecule has 4 heteroatoms. The summed E-state index contributed by atoms with van der Waals surface area (Å²) >= 11 is 0. The molecule has 0 saturated heterocycles.